The minimum atomic E-state index is -4.07. The topological polar surface area (TPSA) is 26.0 Å². The van der Waals surface area contributed by atoms with E-state index in [0.29, 0.717) is 10.8 Å². The first-order chi connectivity index (χ1) is 9.51. The summed E-state index contributed by atoms with van der Waals surface area (Å²) in [4.78, 5) is 0. The molecule has 3 unspecified atom stereocenters. The highest BCUT2D eigenvalue weighted by molar-refractivity contribution is 5.10. The molecule has 1 nitrogen and oxygen atoms in total. The molecule has 4 fully saturated rings. The molecule has 0 aromatic heterocycles. The molecule has 3 atom stereocenters. The maximum atomic E-state index is 12.4. The molecular formula is C17H28F3N. The smallest absolute Gasteiger partial charge is 0.328 e. The predicted octanol–water partition coefficient (Wildman–Crippen LogP) is 5.04. The van der Waals surface area contributed by atoms with Gasteiger partial charge in [0.15, 0.2) is 0 Å². The van der Waals surface area contributed by atoms with Crippen LogP contribution in [0.2, 0.25) is 0 Å². The fourth-order valence-electron chi connectivity index (χ4n) is 6.92. The first kappa shape index (κ1) is 15.6. The molecule has 2 N–H and O–H groups in total. The molecule has 4 aliphatic carbocycles. The Hall–Kier alpha value is -0.250. The van der Waals surface area contributed by atoms with Gasteiger partial charge in [-0.1, -0.05) is 13.8 Å². The summed E-state index contributed by atoms with van der Waals surface area (Å²) in [6.45, 7) is 4.79. The molecule has 4 saturated carbocycles. The van der Waals surface area contributed by atoms with Crippen LogP contribution in [0.15, 0.2) is 0 Å². The summed E-state index contributed by atoms with van der Waals surface area (Å²) in [5, 5.41) is 0. The number of hydrogen-bond acceptors (Lipinski definition) is 1. The summed E-state index contributed by atoms with van der Waals surface area (Å²) in [6.07, 6.45) is 3.60. The van der Waals surface area contributed by atoms with Crippen molar-refractivity contribution < 1.29 is 13.2 Å². The van der Waals surface area contributed by atoms with Gasteiger partial charge >= 0.3 is 6.18 Å². The second kappa shape index (κ2) is 4.62. The number of hydrogen-bond donors (Lipinski definition) is 1. The largest absolute Gasteiger partial charge is 0.389 e. The Morgan fingerprint density at radius 3 is 2.10 bits per heavy atom. The Morgan fingerprint density at radius 1 is 1.05 bits per heavy atom. The van der Waals surface area contributed by atoms with Crippen molar-refractivity contribution in [2.75, 3.05) is 0 Å². The van der Waals surface area contributed by atoms with Crippen molar-refractivity contribution in [2.24, 2.45) is 27.9 Å². The Morgan fingerprint density at radius 2 is 1.62 bits per heavy atom. The van der Waals surface area contributed by atoms with Gasteiger partial charge in [-0.25, -0.2) is 0 Å². The van der Waals surface area contributed by atoms with Crippen LogP contribution in [0, 0.1) is 22.2 Å². The maximum absolute atomic E-state index is 12.4. The van der Waals surface area contributed by atoms with Crippen molar-refractivity contribution >= 4 is 0 Å². The maximum Gasteiger partial charge on any atom is 0.389 e. The molecule has 0 heterocycles. The number of halogens is 3. The standard InChI is InChI=1S/C17H28F3N/c1-14-5-12-6-15(2,9-14)11-16(7-12,10-14)8-13(21)3-4-17(18,19)20/h12-13H,3-11,21H2,1-2H3. The third-order valence-electron chi connectivity index (χ3n) is 6.24. The van der Waals surface area contributed by atoms with Crippen LogP contribution in [0.5, 0.6) is 0 Å². The van der Waals surface area contributed by atoms with Gasteiger partial charge in [-0.3, -0.25) is 0 Å². The lowest BCUT2D eigenvalue weighted by Crippen LogP contribution is -2.56. The van der Waals surface area contributed by atoms with Crippen LogP contribution < -0.4 is 5.73 Å². The lowest BCUT2D eigenvalue weighted by atomic mass is 9.39. The van der Waals surface area contributed by atoms with E-state index in [9.17, 15) is 13.2 Å². The predicted molar refractivity (Wildman–Crippen MR) is 77.7 cm³/mol. The molecule has 4 heteroatoms. The molecule has 0 aromatic rings. The summed E-state index contributed by atoms with van der Waals surface area (Å²) >= 11 is 0. The van der Waals surface area contributed by atoms with E-state index in [1.54, 1.807) is 0 Å². The van der Waals surface area contributed by atoms with Crippen LogP contribution in [0.4, 0.5) is 13.2 Å². The summed E-state index contributed by atoms with van der Waals surface area (Å²) in [7, 11) is 0. The summed E-state index contributed by atoms with van der Waals surface area (Å²) < 4.78 is 37.1. The van der Waals surface area contributed by atoms with Gasteiger partial charge in [0, 0.05) is 12.5 Å². The van der Waals surface area contributed by atoms with Crippen LogP contribution in [0.3, 0.4) is 0 Å². The molecule has 0 spiro atoms. The number of rotatable bonds is 4. The van der Waals surface area contributed by atoms with Crippen molar-refractivity contribution in [3.8, 4) is 0 Å². The van der Waals surface area contributed by atoms with E-state index in [0.717, 1.165) is 12.3 Å². The summed E-state index contributed by atoms with van der Waals surface area (Å²) in [6, 6.07) is -0.296. The van der Waals surface area contributed by atoms with Gasteiger partial charge < -0.3 is 5.73 Å². The molecule has 0 aromatic carbocycles. The SMILES string of the molecule is CC12CC3CC(C)(C1)CC(CC(N)CCC(F)(F)F)(C3)C2. The molecule has 0 saturated heterocycles. The molecule has 0 radical (unpaired) electrons. The highest BCUT2D eigenvalue weighted by atomic mass is 19.4. The van der Waals surface area contributed by atoms with Gasteiger partial charge in [0.1, 0.15) is 0 Å². The zero-order valence-corrected chi connectivity index (χ0v) is 13.2. The Balaban J connectivity index is 1.67. The van der Waals surface area contributed by atoms with Gasteiger partial charge in [0.05, 0.1) is 0 Å². The molecule has 0 amide bonds. The van der Waals surface area contributed by atoms with E-state index in [1.807, 2.05) is 0 Å². The Labute approximate surface area is 125 Å². The average Bonchev–Trinajstić information content (AvgIpc) is 2.19. The first-order valence-electron chi connectivity index (χ1n) is 8.33. The van der Waals surface area contributed by atoms with Crippen molar-refractivity contribution in [2.45, 2.75) is 83.9 Å². The van der Waals surface area contributed by atoms with E-state index >= 15 is 0 Å². The van der Waals surface area contributed by atoms with Crippen molar-refractivity contribution in [1.29, 1.82) is 0 Å². The Kier molecular flexibility index (Phi) is 3.44. The lowest BCUT2D eigenvalue weighted by Gasteiger charge is -2.66. The summed E-state index contributed by atoms with van der Waals surface area (Å²) in [5.41, 5.74) is 7.15. The number of nitrogens with two attached hydrogens (primary N) is 1. The first-order valence-corrected chi connectivity index (χ1v) is 8.33. The third kappa shape index (κ3) is 3.25. The van der Waals surface area contributed by atoms with Crippen molar-refractivity contribution in [1.82, 2.24) is 0 Å². The normalized spacial score (nSPS) is 46.9. The van der Waals surface area contributed by atoms with E-state index in [1.165, 1.54) is 38.5 Å². The van der Waals surface area contributed by atoms with Crippen LogP contribution in [-0.4, -0.2) is 12.2 Å². The molecule has 122 valence electrons. The molecule has 4 bridgehead atoms. The fourth-order valence-corrected chi connectivity index (χ4v) is 6.92. The molecule has 0 aliphatic heterocycles. The van der Waals surface area contributed by atoms with Crippen LogP contribution >= 0.6 is 0 Å². The second-order valence-corrected chi connectivity index (χ2v) is 9.25. The highest BCUT2D eigenvalue weighted by Gasteiger charge is 2.59. The zero-order chi connectivity index (χ0) is 15.5. The van der Waals surface area contributed by atoms with Gasteiger partial charge in [0.2, 0.25) is 0 Å². The van der Waals surface area contributed by atoms with E-state index < -0.39 is 12.6 Å². The molecule has 21 heavy (non-hydrogen) atoms. The van der Waals surface area contributed by atoms with E-state index in [2.05, 4.69) is 13.8 Å². The fraction of sp³-hybridized carbons (Fsp3) is 1.00. The average molecular weight is 303 g/mol. The van der Waals surface area contributed by atoms with Gasteiger partial charge in [-0.15, -0.1) is 0 Å². The monoisotopic (exact) mass is 303 g/mol. The van der Waals surface area contributed by atoms with Gasteiger partial charge in [0.25, 0.3) is 0 Å². The van der Waals surface area contributed by atoms with Gasteiger partial charge in [-0.2, -0.15) is 13.2 Å². The van der Waals surface area contributed by atoms with Crippen LogP contribution in [0.25, 0.3) is 0 Å². The van der Waals surface area contributed by atoms with Gasteiger partial charge in [-0.05, 0) is 73.5 Å². The third-order valence-corrected chi connectivity index (χ3v) is 6.24. The van der Waals surface area contributed by atoms with E-state index in [-0.39, 0.29) is 17.9 Å². The quantitative estimate of drug-likeness (QED) is 0.773. The number of alkyl halides is 3. The van der Waals surface area contributed by atoms with Crippen LogP contribution in [-0.2, 0) is 0 Å². The lowest BCUT2D eigenvalue weighted by molar-refractivity contribution is -0.153. The minimum Gasteiger partial charge on any atom is -0.328 e. The minimum absolute atomic E-state index is 0.0867. The van der Waals surface area contributed by atoms with Crippen molar-refractivity contribution in [3.05, 3.63) is 0 Å². The Bertz CT molecular complexity index is 399. The van der Waals surface area contributed by atoms with E-state index in [4.69, 9.17) is 5.73 Å². The highest BCUT2D eigenvalue weighted by Crippen LogP contribution is 2.70. The molecule has 4 rings (SSSR count). The van der Waals surface area contributed by atoms with Crippen LogP contribution in [0.1, 0.15) is 71.6 Å². The molecular weight excluding hydrogens is 275 g/mol. The zero-order valence-electron chi connectivity index (χ0n) is 13.2. The molecule has 4 aliphatic rings. The second-order valence-electron chi connectivity index (χ2n) is 9.25. The summed E-state index contributed by atoms with van der Waals surface area (Å²) in [5.74, 6) is 0.783. The van der Waals surface area contributed by atoms with Crippen molar-refractivity contribution in [3.63, 3.8) is 0 Å².